The van der Waals surface area contributed by atoms with E-state index >= 15 is 0 Å². The first-order valence-electron chi connectivity index (χ1n) is 6.49. The highest BCUT2D eigenvalue weighted by Gasteiger charge is 2.27. The second kappa shape index (κ2) is 5.69. The van der Waals surface area contributed by atoms with E-state index in [1.165, 1.54) is 0 Å². The molecule has 0 saturated carbocycles. The van der Waals surface area contributed by atoms with E-state index in [0.717, 1.165) is 12.1 Å². The molecule has 0 bridgehead atoms. The van der Waals surface area contributed by atoms with Gasteiger partial charge < -0.3 is 15.8 Å². The maximum atomic E-state index is 11.4. The fourth-order valence-electron chi connectivity index (χ4n) is 2.11. The van der Waals surface area contributed by atoms with Crippen molar-refractivity contribution < 1.29 is 13.2 Å². The third-order valence-corrected chi connectivity index (χ3v) is 4.85. The molecule has 2 rings (SSSR count). The van der Waals surface area contributed by atoms with E-state index in [4.69, 9.17) is 10.5 Å². The number of nitrogens with two attached hydrogens (primary N) is 1. The molecule has 6 heteroatoms. The lowest BCUT2D eigenvalue weighted by atomic mass is 10.2. The van der Waals surface area contributed by atoms with E-state index in [1.54, 1.807) is 6.07 Å². The highest BCUT2D eigenvalue weighted by atomic mass is 32.2. The van der Waals surface area contributed by atoms with E-state index < -0.39 is 9.84 Å². The van der Waals surface area contributed by atoms with Crippen LogP contribution in [0.5, 0.6) is 5.75 Å². The van der Waals surface area contributed by atoms with Gasteiger partial charge in [0.05, 0.1) is 23.8 Å². The van der Waals surface area contributed by atoms with Crippen molar-refractivity contribution in [1.29, 1.82) is 0 Å². The molecule has 0 aromatic heterocycles. The Bertz CT molecular complexity index is 543. The van der Waals surface area contributed by atoms with Crippen LogP contribution < -0.4 is 15.8 Å². The summed E-state index contributed by atoms with van der Waals surface area (Å²) in [5.74, 6) is 1.11. The minimum absolute atomic E-state index is 0.0207. The summed E-state index contributed by atoms with van der Waals surface area (Å²) in [5.41, 5.74) is 7.28. The number of sulfone groups is 1. The Morgan fingerprint density at radius 2 is 2.26 bits per heavy atom. The van der Waals surface area contributed by atoms with Crippen molar-refractivity contribution in [2.45, 2.75) is 25.8 Å². The zero-order chi connectivity index (χ0) is 13.9. The minimum Gasteiger partial charge on any atom is -0.491 e. The largest absolute Gasteiger partial charge is 0.491 e. The molecule has 1 atom stereocenters. The summed E-state index contributed by atoms with van der Waals surface area (Å²) < 4.78 is 28.4. The molecule has 1 aliphatic rings. The standard InChI is InChI=1S/C13H20N2O3S/c1-2-6-18-13-8-10(3-4-12(13)14)15-11-5-7-19(16,17)9-11/h3-4,8,11,15H,2,5-7,9,14H2,1H3. The number of nitrogen functional groups attached to an aromatic ring is 1. The number of anilines is 2. The average molecular weight is 284 g/mol. The molecule has 1 saturated heterocycles. The molecule has 3 N–H and O–H groups in total. The molecule has 1 aromatic carbocycles. The van der Waals surface area contributed by atoms with E-state index in [0.29, 0.717) is 24.5 Å². The van der Waals surface area contributed by atoms with Crippen LogP contribution in [0.4, 0.5) is 11.4 Å². The summed E-state index contributed by atoms with van der Waals surface area (Å²) in [7, 11) is -2.87. The van der Waals surface area contributed by atoms with Crippen LogP contribution in [-0.2, 0) is 9.84 Å². The summed E-state index contributed by atoms with van der Waals surface area (Å²) >= 11 is 0. The lowest BCUT2D eigenvalue weighted by Gasteiger charge is -2.15. The Hall–Kier alpha value is -1.43. The minimum atomic E-state index is -2.87. The van der Waals surface area contributed by atoms with Gasteiger partial charge in [-0.3, -0.25) is 0 Å². The molecule has 1 heterocycles. The van der Waals surface area contributed by atoms with Gasteiger partial charge in [0.2, 0.25) is 0 Å². The number of hydrogen-bond donors (Lipinski definition) is 2. The summed E-state index contributed by atoms with van der Waals surface area (Å²) in [4.78, 5) is 0. The summed E-state index contributed by atoms with van der Waals surface area (Å²) in [6.07, 6.45) is 1.57. The van der Waals surface area contributed by atoms with Gasteiger partial charge in [0.15, 0.2) is 9.84 Å². The molecule has 1 aliphatic heterocycles. The molecular weight excluding hydrogens is 264 g/mol. The maximum Gasteiger partial charge on any atom is 0.152 e. The Balaban J connectivity index is 2.05. The van der Waals surface area contributed by atoms with Gasteiger partial charge in [0, 0.05) is 17.8 Å². The van der Waals surface area contributed by atoms with Gasteiger partial charge in [0.1, 0.15) is 5.75 Å². The molecule has 106 valence electrons. The van der Waals surface area contributed by atoms with E-state index in [1.807, 2.05) is 19.1 Å². The zero-order valence-electron chi connectivity index (χ0n) is 11.1. The van der Waals surface area contributed by atoms with Gasteiger partial charge in [-0.1, -0.05) is 6.92 Å². The molecule has 1 aromatic rings. The van der Waals surface area contributed by atoms with E-state index in [-0.39, 0.29) is 17.5 Å². The van der Waals surface area contributed by atoms with Gasteiger partial charge >= 0.3 is 0 Å². The first-order chi connectivity index (χ1) is 9.00. The first kappa shape index (κ1) is 14.0. The van der Waals surface area contributed by atoms with Gasteiger partial charge in [-0.25, -0.2) is 8.42 Å². The Morgan fingerprint density at radius 1 is 1.47 bits per heavy atom. The number of benzene rings is 1. The predicted molar refractivity (Wildman–Crippen MR) is 77.3 cm³/mol. The Labute approximate surface area is 114 Å². The molecule has 5 nitrogen and oxygen atoms in total. The molecular formula is C13H20N2O3S. The molecule has 1 unspecified atom stereocenters. The quantitative estimate of drug-likeness (QED) is 0.804. The maximum absolute atomic E-state index is 11.4. The van der Waals surface area contributed by atoms with Crippen LogP contribution in [-0.4, -0.2) is 32.6 Å². The fourth-order valence-corrected chi connectivity index (χ4v) is 3.78. The lowest BCUT2D eigenvalue weighted by Crippen LogP contribution is -2.20. The molecule has 0 spiro atoms. The van der Waals surface area contributed by atoms with Crippen molar-refractivity contribution in [1.82, 2.24) is 0 Å². The average Bonchev–Trinajstić information content (AvgIpc) is 2.69. The molecule has 19 heavy (non-hydrogen) atoms. The van der Waals surface area contributed by atoms with Gasteiger partial charge in [-0.15, -0.1) is 0 Å². The van der Waals surface area contributed by atoms with Gasteiger partial charge in [0.25, 0.3) is 0 Å². The van der Waals surface area contributed by atoms with Crippen LogP contribution in [0.25, 0.3) is 0 Å². The van der Waals surface area contributed by atoms with Crippen molar-refractivity contribution >= 4 is 21.2 Å². The lowest BCUT2D eigenvalue weighted by molar-refractivity contribution is 0.319. The monoisotopic (exact) mass is 284 g/mol. The SMILES string of the molecule is CCCOc1cc(NC2CCS(=O)(=O)C2)ccc1N. The van der Waals surface area contributed by atoms with E-state index in [9.17, 15) is 8.42 Å². The molecule has 0 aliphatic carbocycles. The topological polar surface area (TPSA) is 81.4 Å². The normalized spacial score (nSPS) is 21.2. The molecule has 0 radical (unpaired) electrons. The molecule has 1 fully saturated rings. The predicted octanol–water partition coefficient (Wildman–Crippen LogP) is 1.66. The number of nitrogens with one attached hydrogen (secondary N) is 1. The van der Waals surface area contributed by atoms with Gasteiger partial charge in [-0.05, 0) is 25.0 Å². The van der Waals surface area contributed by atoms with Crippen LogP contribution >= 0.6 is 0 Å². The second-order valence-electron chi connectivity index (χ2n) is 4.85. The van der Waals surface area contributed by atoms with Crippen LogP contribution in [0.15, 0.2) is 18.2 Å². The van der Waals surface area contributed by atoms with Crippen LogP contribution in [0.1, 0.15) is 19.8 Å². The van der Waals surface area contributed by atoms with Crippen molar-refractivity contribution in [3.05, 3.63) is 18.2 Å². The van der Waals surface area contributed by atoms with Crippen molar-refractivity contribution in [3.63, 3.8) is 0 Å². The van der Waals surface area contributed by atoms with Crippen molar-refractivity contribution in [2.75, 3.05) is 29.2 Å². The van der Waals surface area contributed by atoms with Gasteiger partial charge in [-0.2, -0.15) is 0 Å². The Kier molecular flexibility index (Phi) is 4.19. The highest BCUT2D eigenvalue weighted by molar-refractivity contribution is 7.91. The van der Waals surface area contributed by atoms with E-state index in [2.05, 4.69) is 5.32 Å². The third-order valence-electron chi connectivity index (χ3n) is 3.08. The zero-order valence-corrected chi connectivity index (χ0v) is 11.9. The van der Waals surface area contributed by atoms with Crippen molar-refractivity contribution in [2.24, 2.45) is 0 Å². The fraction of sp³-hybridized carbons (Fsp3) is 0.538. The van der Waals surface area contributed by atoms with Crippen LogP contribution in [0, 0.1) is 0 Å². The Morgan fingerprint density at radius 3 is 2.89 bits per heavy atom. The number of rotatable bonds is 5. The smallest absolute Gasteiger partial charge is 0.152 e. The number of hydrogen-bond acceptors (Lipinski definition) is 5. The summed E-state index contributed by atoms with van der Waals surface area (Å²) in [6.45, 7) is 2.65. The highest BCUT2D eigenvalue weighted by Crippen LogP contribution is 2.27. The summed E-state index contributed by atoms with van der Waals surface area (Å²) in [5, 5.41) is 3.23. The molecule has 0 amide bonds. The number of ether oxygens (including phenoxy) is 1. The third kappa shape index (κ3) is 3.76. The van der Waals surface area contributed by atoms with Crippen LogP contribution in [0.3, 0.4) is 0 Å². The first-order valence-corrected chi connectivity index (χ1v) is 8.31. The second-order valence-corrected chi connectivity index (χ2v) is 7.07. The summed E-state index contributed by atoms with van der Waals surface area (Å²) in [6, 6.07) is 5.43. The van der Waals surface area contributed by atoms with Crippen molar-refractivity contribution in [3.8, 4) is 5.75 Å². The van der Waals surface area contributed by atoms with Crippen LogP contribution in [0.2, 0.25) is 0 Å².